The zero-order chi connectivity index (χ0) is 7.40. The van der Waals surface area contributed by atoms with Crippen molar-refractivity contribution >= 4 is 5.91 Å². The lowest BCUT2D eigenvalue weighted by Crippen LogP contribution is -2.19. The van der Waals surface area contributed by atoms with E-state index in [1.54, 1.807) is 7.05 Å². The Labute approximate surface area is 58.3 Å². The van der Waals surface area contributed by atoms with Gasteiger partial charge in [-0.3, -0.25) is 9.78 Å². The molecule has 0 saturated carbocycles. The molecule has 0 unspecified atom stereocenters. The molecule has 0 atom stereocenters. The zero-order valence-electron chi connectivity index (χ0n) is 5.53. The van der Waals surface area contributed by atoms with Crippen LogP contribution in [-0.2, 0) is 0 Å². The van der Waals surface area contributed by atoms with Crippen molar-refractivity contribution in [2.45, 2.75) is 0 Å². The van der Waals surface area contributed by atoms with Crippen LogP contribution in [0.1, 0.15) is 10.5 Å². The zero-order valence-corrected chi connectivity index (χ0v) is 5.53. The Morgan fingerprint density at radius 3 is 2.90 bits per heavy atom. The van der Waals surface area contributed by atoms with E-state index >= 15 is 0 Å². The third kappa shape index (κ3) is 1.28. The first kappa shape index (κ1) is 6.67. The van der Waals surface area contributed by atoms with E-state index in [9.17, 15) is 4.79 Å². The van der Waals surface area contributed by atoms with E-state index in [0.29, 0.717) is 5.69 Å². The first-order valence-corrected chi connectivity index (χ1v) is 2.82. The molecule has 0 aliphatic carbocycles. The molecule has 1 aromatic heterocycles. The van der Waals surface area contributed by atoms with Gasteiger partial charge in [0, 0.05) is 19.4 Å². The summed E-state index contributed by atoms with van der Waals surface area (Å²) in [5, 5.41) is 2.44. The fourth-order valence-electron chi connectivity index (χ4n) is 0.544. The molecule has 0 aromatic carbocycles. The molecule has 4 heteroatoms. The Hall–Kier alpha value is -1.45. The highest BCUT2D eigenvalue weighted by atomic mass is 16.1. The molecule has 0 spiro atoms. The van der Waals surface area contributed by atoms with Crippen LogP contribution in [0.2, 0.25) is 0 Å². The van der Waals surface area contributed by atoms with Crippen molar-refractivity contribution in [1.29, 1.82) is 0 Å². The van der Waals surface area contributed by atoms with Crippen LogP contribution in [-0.4, -0.2) is 22.9 Å². The van der Waals surface area contributed by atoms with Gasteiger partial charge in [-0.05, 0) is 0 Å². The van der Waals surface area contributed by atoms with Crippen LogP contribution in [0.3, 0.4) is 0 Å². The maximum absolute atomic E-state index is 10.8. The molecule has 4 nitrogen and oxygen atoms in total. The van der Waals surface area contributed by atoms with E-state index < -0.39 is 0 Å². The molecule has 0 aliphatic heterocycles. The van der Waals surface area contributed by atoms with Gasteiger partial charge < -0.3 is 5.32 Å². The van der Waals surface area contributed by atoms with Crippen LogP contribution in [0.25, 0.3) is 0 Å². The number of amides is 1. The minimum Gasteiger partial charge on any atom is -0.354 e. The Morgan fingerprint density at radius 2 is 2.40 bits per heavy atom. The van der Waals surface area contributed by atoms with Gasteiger partial charge in [-0.1, -0.05) is 0 Å². The second-order valence-electron chi connectivity index (χ2n) is 1.67. The van der Waals surface area contributed by atoms with Crippen LogP contribution in [0.4, 0.5) is 0 Å². The molecule has 1 N–H and O–H groups in total. The van der Waals surface area contributed by atoms with Gasteiger partial charge in [-0.25, -0.2) is 4.98 Å². The Bertz CT molecular complexity index is 222. The summed E-state index contributed by atoms with van der Waals surface area (Å²) in [6.45, 7) is 0. The van der Waals surface area contributed by atoms with Crippen LogP contribution in [0.5, 0.6) is 0 Å². The predicted molar refractivity (Wildman–Crippen MR) is 35.4 cm³/mol. The number of carbonyl (C=O) groups excluding carboxylic acids is 1. The van der Waals surface area contributed by atoms with Gasteiger partial charge >= 0.3 is 0 Å². The molecule has 1 aromatic rings. The van der Waals surface area contributed by atoms with Crippen molar-refractivity contribution in [1.82, 2.24) is 15.3 Å². The SMILES string of the molecule is CNC(=O)c1cnccn1. The minimum atomic E-state index is -0.215. The summed E-state index contributed by atoms with van der Waals surface area (Å²) < 4.78 is 0. The lowest BCUT2D eigenvalue weighted by molar-refractivity contribution is 0.0958. The molecule has 0 aliphatic rings. The average molecular weight is 137 g/mol. The maximum atomic E-state index is 10.8. The molecular weight excluding hydrogens is 130 g/mol. The standard InChI is InChI=1S/C6H7N3O/c1-7-6(10)5-4-8-2-3-9-5/h2-4H,1H3,(H,7,10). The summed E-state index contributed by atoms with van der Waals surface area (Å²) in [6, 6.07) is 0. The Kier molecular flexibility index (Phi) is 1.94. The number of aromatic nitrogens is 2. The third-order valence-electron chi connectivity index (χ3n) is 1.02. The molecule has 0 fully saturated rings. The van der Waals surface area contributed by atoms with E-state index in [1.165, 1.54) is 18.6 Å². The van der Waals surface area contributed by atoms with Gasteiger partial charge in [0.05, 0.1) is 6.20 Å². The largest absolute Gasteiger partial charge is 0.354 e. The highest BCUT2D eigenvalue weighted by molar-refractivity contribution is 5.91. The third-order valence-corrected chi connectivity index (χ3v) is 1.02. The normalized spacial score (nSPS) is 8.90. The van der Waals surface area contributed by atoms with Gasteiger partial charge in [0.2, 0.25) is 0 Å². The summed E-state index contributed by atoms with van der Waals surface area (Å²) in [6.07, 6.45) is 4.41. The maximum Gasteiger partial charge on any atom is 0.271 e. The van der Waals surface area contributed by atoms with Crippen molar-refractivity contribution in [2.24, 2.45) is 0 Å². The molecule has 1 amide bonds. The second kappa shape index (κ2) is 2.91. The number of carbonyl (C=O) groups is 1. The highest BCUT2D eigenvalue weighted by Crippen LogP contribution is 1.87. The molecular formula is C6H7N3O. The van der Waals surface area contributed by atoms with Gasteiger partial charge in [-0.2, -0.15) is 0 Å². The Balaban J connectivity index is 2.85. The quantitative estimate of drug-likeness (QED) is 0.585. The average Bonchev–Trinajstić information content (AvgIpc) is 2.05. The van der Waals surface area contributed by atoms with E-state index in [4.69, 9.17) is 0 Å². The van der Waals surface area contributed by atoms with Crippen molar-refractivity contribution < 1.29 is 4.79 Å². The number of nitrogens with one attached hydrogen (secondary N) is 1. The summed E-state index contributed by atoms with van der Waals surface area (Å²) in [5.74, 6) is -0.215. The Morgan fingerprint density at radius 1 is 1.60 bits per heavy atom. The van der Waals surface area contributed by atoms with Crippen molar-refractivity contribution in [3.8, 4) is 0 Å². The minimum absolute atomic E-state index is 0.215. The molecule has 10 heavy (non-hydrogen) atoms. The predicted octanol–water partition coefficient (Wildman–Crippen LogP) is -0.164. The monoisotopic (exact) mass is 137 g/mol. The number of hydrogen-bond acceptors (Lipinski definition) is 3. The van der Waals surface area contributed by atoms with Crippen LogP contribution in [0, 0.1) is 0 Å². The first-order chi connectivity index (χ1) is 4.84. The van der Waals surface area contributed by atoms with E-state index in [2.05, 4.69) is 15.3 Å². The van der Waals surface area contributed by atoms with Crippen molar-refractivity contribution in [3.63, 3.8) is 0 Å². The van der Waals surface area contributed by atoms with Crippen molar-refractivity contribution in [2.75, 3.05) is 7.05 Å². The summed E-state index contributed by atoms with van der Waals surface area (Å²) in [5.41, 5.74) is 0.338. The van der Waals surface area contributed by atoms with Gasteiger partial charge in [0.25, 0.3) is 5.91 Å². The molecule has 0 bridgehead atoms. The molecule has 0 saturated heterocycles. The number of hydrogen-bond donors (Lipinski definition) is 1. The lowest BCUT2D eigenvalue weighted by atomic mass is 10.4. The van der Waals surface area contributed by atoms with Gasteiger partial charge in [0.15, 0.2) is 0 Å². The molecule has 1 rings (SSSR count). The number of rotatable bonds is 1. The highest BCUT2D eigenvalue weighted by Gasteiger charge is 2.01. The first-order valence-electron chi connectivity index (χ1n) is 2.82. The smallest absolute Gasteiger partial charge is 0.271 e. The lowest BCUT2D eigenvalue weighted by Gasteiger charge is -1.94. The van der Waals surface area contributed by atoms with E-state index in [-0.39, 0.29) is 5.91 Å². The fourth-order valence-corrected chi connectivity index (χ4v) is 0.544. The van der Waals surface area contributed by atoms with Crippen molar-refractivity contribution in [3.05, 3.63) is 24.3 Å². The van der Waals surface area contributed by atoms with E-state index in [1.807, 2.05) is 0 Å². The topological polar surface area (TPSA) is 54.9 Å². The summed E-state index contributed by atoms with van der Waals surface area (Å²) in [7, 11) is 1.55. The van der Waals surface area contributed by atoms with Crippen LogP contribution >= 0.6 is 0 Å². The van der Waals surface area contributed by atoms with Gasteiger partial charge in [-0.15, -0.1) is 0 Å². The van der Waals surface area contributed by atoms with Crippen LogP contribution < -0.4 is 5.32 Å². The van der Waals surface area contributed by atoms with Crippen LogP contribution in [0.15, 0.2) is 18.6 Å². The molecule has 1 heterocycles. The summed E-state index contributed by atoms with van der Waals surface area (Å²) in [4.78, 5) is 18.3. The fraction of sp³-hybridized carbons (Fsp3) is 0.167. The van der Waals surface area contributed by atoms with Gasteiger partial charge in [0.1, 0.15) is 5.69 Å². The molecule has 52 valence electrons. The van der Waals surface area contributed by atoms with E-state index in [0.717, 1.165) is 0 Å². The number of nitrogens with zero attached hydrogens (tertiary/aromatic N) is 2. The second-order valence-corrected chi connectivity index (χ2v) is 1.67. The molecule has 0 radical (unpaired) electrons. The summed E-state index contributed by atoms with van der Waals surface area (Å²) >= 11 is 0.